The summed E-state index contributed by atoms with van der Waals surface area (Å²) >= 11 is 6.46. The van der Waals surface area contributed by atoms with Crippen LogP contribution in [0.1, 0.15) is 0 Å². The summed E-state index contributed by atoms with van der Waals surface area (Å²) < 4.78 is 30.2. The highest BCUT2D eigenvalue weighted by molar-refractivity contribution is 7.91. The third-order valence-electron chi connectivity index (χ3n) is 1.78. The number of ether oxygens (including phenoxy) is 1. The zero-order valence-corrected chi connectivity index (χ0v) is 11.1. The van der Waals surface area contributed by atoms with Gasteiger partial charge in [-0.3, -0.25) is 4.79 Å². The number of hydrogen-bond acceptors (Lipinski definition) is 6. The Kier molecular flexibility index (Phi) is 4.90. The number of esters is 1. The molecule has 0 aliphatic carbocycles. The first-order chi connectivity index (χ1) is 7.90. The van der Waals surface area contributed by atoms with Crippen LogP contribution in [-0.4, -0.2) is 39.3 Å². The Balaban J connectivity index is 2.89. The van der Waals surface area contributed by atoms with Gasteiger partial charge < -0.3 is 9.84 Å². The number of sulfonamides is 1. The molecular weight excluding hydrogens is 290 g/mol. The van der Waals surface area contributed by atoms with Crippen LogP contribution in [0.15, 0.2) is 16.3 Å². The number of hydrogen-bond donors (Lipinski definition) is 2. The molecule has 17 heavy (non-hydrogen) atoms. The number of halogens is 1. The van der Waals surface area contributed by atoms with Gasteiger partial charge in [0.1, 0.15) is 10.3 Å². The summed E-state index contributed by atoms with van der Waals surface area (Å²) in [6, 6.07) is 1.40. The monoisotopic (exact) mass is 299 g/mol. The summed E-state index contributed by atoms with van der Waals surface area (Å²) in [6.07, 6.45) is 0. The first kappa shape index (κ1) is 14.4. The van der Waals surface area contributed by atoms with E-state index in [-0.39, 0.29) is 4.21 Å². The second-order valence-electron chi connectivity index (χ2n) is 2.94. The van der Waals surface area contributed by atoms with Crippen molar-refractivity contribution in [2.45, 2.75) is 10.3 Å². The van der Waals surface area contributed by atoms with Crippen molar-refractivity contribution < 1.29 is 23.1 Å². The lowest BCUT2D eigenvalue weighted by Crippen LogP contribution is -2.43. The van der Waals surface area contributed by atoms with Crippen molar-refractivity contribution in [2.24, 2.45) is 0 Å². The van der Waals surface area contributed by atoms with E-state index >= 15 is 0 Å². The molecule has 0 fully saturated rings. The van der Waals surface area contributed by atoms with Gasteiger partial charge >= 0.3 is 5.97 Å². The highest BCUT2D eigenvalue weighted by Crippen LogP contribution is 2.25. The number of nitrogens with one attached hydrogen (secondary N) is 1. The lowest BCUT2D eigenvalue weighted by molar-refractivity contribution is -0.143. The van der Waals surface area contributed by atoms with Gasteiger partial charge in [-0.15, -0.1) is 11.3 Å². The summed E-state index contributed by atoms with van der Waals surface area (Å²) in [4.78, 5) is 11.1. The first-order valence-electron chi connectivity index (χ1n) is 4.37. The van der Waals surface area contributed by atoms with Gasteiger partial charge in [0, 0.05) is 0 Å². The summed E-state index contributed by atoms with van der Waals surface area (Å²) in [6.45, 7) is -0.689. The molecule has 0 aliphatic rings. The Labute approximate surface area is 107 Å². The maximum Gasteiger partial charge on any atom is 0.326 e. The van der Waals surface area contributed by atoms with E-state index in [1.165, 1.54) is 12.1 Å². The van der Waals surface area contributed by atoms with Gasteiger partial charge in [0.05, 0.1) is 18.1 Å². The average molecular weight is 300 g/mol. The fraction of sp³-hybridized carbons (Fsp3) is 0.375. The second-order valence-corrected chi connectivity index (χ2v) is 6.59. The molecule has 0 saturated heterocycles. The Morgan fingerprint density at radius 2 is 2.29 bits per heavy atom. The molecule has 0 spiro atoms. The number of thiophene rings is 1. The zero-order valence-electron chi connectivity index (χ0n) is 8.71. The molecule has 96 valence electrons. The van der Waals surface area contributed by atoms with E-state index in [1.54, 1.807) is 0 Å². The maximum absolute atomic E-state index is 11.8. The lowest BCUT2D eigenvalue weighted by atomic mass is 10.3. The lowest BCUT2D eigenvalue weighted by Gasteiger charge is -2.12. The Morgan fingerprint density at radius 1 is 1.65 bits per heavy atom. The molecular formula is C8H10ClNO5S2. The van der Waals surface area contributed by atoms with E-state index in [1.807, 2.05) is 4.72 Å². The quantitative estimate of drug-likeness (QED) is 0.759. The van der Waals surface area contributed by atoms with Crippen LogP contribution < -0.4 is 4.72 Å². The third-order valence-corrected chi connectivity index (χ3v) is 4.97. The minimum atomic E-state index is -3.88. The number of aliphatic hydroxyl groups is 1. The fourth-order valence-electron chi connectivity index (χ4n) is 0.990. The predicted molar refractivity (Wildman–Crippen MR) is 62.5 cm³/mol. The van der Waals surface area contributed by atoms with Crippen molar-refractivity contribution in [1.29, 1.82) is 0 Å². The average Bonchev–Trinajstić information content (AvgIpc) is 2.72. The van der Waals surface area contributed by atoms with E-state index in [9.17, 15) is 13.2 Å². The van der Waals surface area contributed by atoms with Crippen LogP contribution in [0.2, 0.25) is 4.34 Å². The molecule has 0 amide bonds. The normalized spacial score (nSPS) is 13.4. The van der Waals surface area contributed by atoms with Gasteiger partial charge in [-0.1, -0.05) is 11.6 Å². The van der Waals surface area contributed by atoms with Crippen molar-refractivity contribution in [3.8, 4) is 0 Å². The molecule has 2 N–H and O–H groups in total. The number of carbonyl (C=O) groups excluding carboxylic acids is 1. The standard InChI is InChI=1S/C8H10ClNO5S2/c1-15-8(12)5(4-11)10-17(13,14)7-3-2-6(9)16-7/h2-3,5,10-11H,4H2,1H3. The van der Waals surface area contributed by atoms with Crippen LogP contribution in [-0.2, 0) is 19.6 Å². The number of carbonyl (C=O) groups is 1. The molecule has 6 nitrogen and oxygen atoms in total. The molecule has 0 saturated carbocycles. The maximum atomic E-state index is 11.8. The van der Waals surface area contributed by atoms with Crippen molar-refractivity contribution in [3.63, 3.8) is 0 Å². The van der Waals surface area contributed by atoms with Crippen LogP contribution in [0, 0.1) is 0 Å². The largest absolute Gasteiger partial charge is 0.468 e. The molecule has 9 heteroatoms. The van der Waals surface area contributed by atoms with Crippen LogP contribution in [0.25, 0.3) is 0 Å². The summed E-state index contributed by atoms with van der Waals surface area (Å²) in [7, 11) is -2.78. The minimum absolute atomic E-state index is 0.0372. The van der Waals surface area contributed by atoms with E-state index in [2.05, 4.69) is 4.74 Å². The topological polar surface area (TPSA) is 92.7 Å². The number of methoxy groups -OCH3 is 1. The number of aliphatic hydroxyl groups excluding tert-OH is 1. The highest BCUT2D eigenvalue weighted by Gasteiger charge is 2.26. The Morgan fingerprint density at radius 3 is 2.71 bits per heavy atom. The zero-order chi connectivity index (χ0) is 13.1. The van der Waals surface area contributed by atoms with Gasteiger partial charge in [-0.2, -0.15) is 4.72 Å². The van der Waals surface area contributed by atoms with E-state index in [4.69, 9.17) is 16.7 Å². The summed E-state index contributed by atoms with van der Waals surface area (Å²) in [5, 5.41) is 8.89. The summed E-state index contributed by atoms with van der Waals surface area (Å²) in [5.41, 5.74) is 0. The first-order valence-corrected chi connectivity index (χ1v) is 7.05. The molecule has 0 aliphatic heterocycles. The van der Waals surface area contributed by atoms with Crippen LogP contribution in [0.5, 0.6) is 0 Å². The molecule has 0 radical (unpaired) electrons. The predicted octanol–water partition coefficient (Wildman–Crippen LogP) is 0.214. The van der Waals surface area contributed by atoms with Crippen molar-refractivity contribution in [2.75, 3.05) is 13.7 Å². The van der Waals surface area contributed by atoms with Gasteiger partial charge in [-0.25, -0.2) is 8.42 Å². The van der Waals surface area contributed by atoms with Crippen LogP contribution >= 0.6 is 22.9 Å². The van der Waals surface area contributed by atoms with Gasteiger partial charge in [0.25, 0.3) is 10.0 Å². The molecule has 1 unspecified atom stereocenters. The van der Waals surface area contributed by atoms with E-state index in [0.717, 1.165) is 18.4 Å². The molecule has 1 rings (SSSR count). The van der Waals surface area contributed by atoms with Gasteiger partial charge in [0.15, 0.2) is 0 Å². The molecule has 1 atom stereocenters. The molecule has 0 bridgehead atoms. The third kappa shape index (κ3) is 3.65. The molecule has 0 aromatic carbocycles. The van der Waals surface area contributed by atoms with E-state index < -0.39 is 28.6 Å². The van der Waals surface area contributed by atoms with Crippen molar-refractivity contribution in [1.82, 2.24) is 4.72 Å². The Hall–Kier alpha value is -0.670. The highest BCUT2D eigenvalue weighted by atomic mass is 35.5. The van der Waals surface area contributed by atoms with Gasteiger partial charge in [-0.05, 0) is 12.1 Å². The summed E-state index contributed by atoms with van der Waals surface area (Å²) in [5.74, 6) is -0.862. The van der Waals surface area contributed by atoms with E-state index in [0.29, 0.717) is 4.34 Å². The molecule has 1 heterocycles. The number of rotatable bonds is 5. The fourth-order valence-corrected chi connectivity index (χ4v) is 3.66. The van der Waals surface area contributed by atoms with Crippen molar-refractivity contribution >= 4 is 38.9 Å². The minimum Gasteiger partial charge on any atom is -0.468 e. The smallest absolute Gasteiger partial charge is 0.326 e. The second kappa shape index (κ2) is 5.78. The Bertz CT molecular complexity index is 498. The molecule has 1 aromatic heterocycles. The SMILES string of the molecule is COC(=O)C(CO)NS(=O)(=O)c1ccc(Cl)s1. The van der Waals surface area contributed by atoms with Crippen LogP contribution in [0.4, 0.5) is 0 Å². The van der Waals surface area contributed by atoms with Crippen LogP contribution in [0.3, 0.4) is 0 Å². The molecule has 1 aromatic rings. The van der Waals surface area contributed by atoms with Crippen molar-refractivity contribution in [3.05, 3.63) is 16.5 Å². The van der Waals surface area contributed by atoms with Gasteiger partial charge in [0.2, 0.25) is 0 Å².